The van der Waals surface area contributed by atoms with E-state index in [4.69, 9.17) is 0 Å². The Balaban J connectivity index is 1.00. The van der Waals surface area contributed by atoms with Gasteiger partial charge in [0.15, 0.2) is 0 Å². The highest BCUT2D eigenvalue weighted by atomic mass is 15.0. The number of para-hydroxylation sites is 4. The number of rotatable bonds is 6. The molecule has 0 aliphatic carbocycles. The van der Waals surface area contributed by atoms with Crippen LogP contribution in [0.5, 0.6) is 0 Å². The predicted molar refractivity (Wildman–Crippen MR) is 264 cm³/mol. The Bertz CT molecular complexity index is 3660. The first kappa shape index (κ1) is 35.3. The molecule has 0 fully saturated rings. The molecule has 0 amide bonds. The highest BCUT2D eigenvalue weighted by molar-refractivity contribution is 6.14. The molecule has 4 aromatic heterocycles. The summed E-state index contributed by atoms with van der Waals surface area (Å²) < 4.78 is 7.18. The van der Waals surface area contributed by atoms with Crippen molar-refractivity contribution in [2.45, 2.75) is 0 Å². The first-order valence-corrected chi connectivity index (χ1v) is 21.5. The lowest BCUT2D eigenvalue weighted by Gasteiger charge is -2.11. The Morgan fingerprint density at radius 3 is 0.937 bits per heavy atom. The third kappa shape index (κ3) is 5.59. The molecule has 4 nitrogen and oxygen atoms in total. The van der Waals surface area contributed by atoms with E-state index >= 15 is 0 Å². The van der Waals surface area contributed by atoms with Gasteiger partial charge >= 0.3 is 0 Å². The molecular formula is C59H38N4. The van der Waals surface area contributed by atoms with E-state index in [1.807, 2.05) is 12.4 Å². The fourth-order valence-corrected chi connectivity index (χ4v) is 10.0. The zero-order chi connectivity index (χ0) is 41.4. The monoisotopic (exact) mass is 802 g/mol. The Hall–Kier alpha value is -8.47. The topological polar surface area (TPSA) is 27.7 Å². The molecule has 0 saturated heterocycles. The van der Waals surface area contributed by atoms with E-state index in [0.717, 1.165) is 22.6 Å². The van der Waals surface area contributed by atoms with Gasteiger partial charge in [0, 0.05) is 61.8 Å². The van der Waals surface area contributed by atoms with Crippen LogP contribution < -0.4 is 0 Å². The molecule has 0 saturated carbocycles. The van der Waals surface area contributed by atoms with E-state index in [2.05, 4.69) is 237 Å². The molecule has 9 aromatic carbocycles. The molecule has 4 heterocycles. The number of pyridine rings is 1. The van der Waals surface area contributed by atoms with E-state index in [1.54, 1.807) is 0 Å². The maximum atomic E-state index is 4.23. The molecule has 294 valence electrons. The summed E-state index contributed by atoms with van der Waals surface area (Å²) in [6.45, 7) is 0. The second kappa shape index (κ2) is 14.1. The third-order valence-corrected chi connectivity index (χ3v) is 12.9. The van der Waals surface area contributed by atoms with E-state index in [-0.39, 0.29) is 0 Å². The standard InChI is InChI=1S/C59H38N4/c1-3-11-45(12-4-1)61-54-17-9-7-15-48(54)50-35-41(21-27-56(50)61)43-23-29-58-52(37-43)53-38-44(24-30-59(53)63(58)47-25-19-39(20-26-47)40-31-33-60-34-32-40)42-22-28-57-51(36-42)49-16-8-10-18-55(49)62(57)46-13-5-2-6-14-46/h1-38H. The molecule has 0 N–H and O–H groups in total. The van der Waals surface area contributed by atoms with Gasteiger partial charge in [-0.05, 0) is 143 Å². The molecule has 63 heavy (non-hydrogen) atoms. The van der Waals surface area contributed by atoms with E-state index in [1.165, 1.54) is 93.2 Å². The lowest BCUT2D eigenvalue weighted by atomic mass is 9.98. The van der Waals surface area contributed by atoms with E-state index in [0.29, 0.717) is 0 Å². The van der Waals surface area contributed by atoms with Crippen molar-refractivity contribution in [2.75, 3.05) is 0 Å². The minimum atomic E-state index is 1.12. The average Bonchev–Trinajstić information content (AvgIpc) is 3.99. The fraction of sp³-hybridized carbons (Fsp3) is 0. The summed E-state index contributed by atoms with van der Waals surface area (Å²) in [7, 11) is 0. The zero-order valence-electron chi connectivity index (χ0n) is 34.2. The van der Waals surface area contributed by atoms with Crippen LogP contribution in [0, 0.1) is 0 Å². The summed E-state index contributed by atoms with van der Waals surface area (Å²) in [4.78, 5) is 4.23. The van der Waals surface area contributed by atoms with Crippen LogP contribution in [0.3, 0.4) is 0 Å². The number of hydrogen-bond donors (Lipinski definition) is 0. The predicted octanol–water partition coefficient (Wildman–Crippen LogP) is 15.4. The summed E-state index contributed by atoms with van der Waals surface area (Å²) >= 11 is 0. The van der Waals surface area contributed by atoms with E-state index < -0.39 is 0 Å². The van der Waals surface area contributed by atoms with Crippen molar-refractivity contribution in [1.29, 1.82) is 0 Å². The summed E-state index contributed by atoms with van der Waals surface area (Å²) in [6.07, 6.45) is 3.70. The van der Waals surface area contributed by atoms with Crippen molar-refractivity contribution >= 4 is 65.4 Å². The van der Waals surface area contributed by atoms with Gasteiger partial charge in [0.2, 0.25) is 0 Å². The molecule has 13 aromatic rings. The zero-order valence-corrected chi connectivity index (χ0v) is 34.2. The quantitative estimate of drug-likeness (QED) is 0.165. The minimum Gasteiger partial charge on any atom is -0.309 e. The van der Waals surface area contributed by atoms with Gasteiger partial charge in [0.05, 0.1) is 33.1 Å². The SMILES string of the molecule is c1ccc(-n2c3ccccc3c3cc(-c4ccc5c(c4)c4cc(-c6ccc7c(c6)c6ccccc6n7-c6ccccc6)ccc4n5-c4ccc(-c5ccncc5)cc4)ccc32)cc1. The molecule has 0 unspecified atom stereocenters. The van der Waals surface area contributed by atoms with Crippen molar-refractivity contribution in [3.8, 4) is 50.4 Å². The highest BCUT2D eigenvalue weighted by Gasteiger charge is 2.18. The maximum Gasteiger partial charge on any atom is 0.0541 e. The summed E-state index contributed by atoms with van der Waals surface area (Å²) in [5.74, 6) is 0. The van der Waals surface area contributed by atoms with Crippen molar-refractivity contribution in [3.63, 3.8) is 0 Å². The number of fused-ring (bicyclic) bond motifs is 9. The van der Waals surface area contributed by atoms with Crippen LogP contribution >= 0.6 is 0 Å². The highest BCUT2D eigenvalue weighted by Crippen LogP contribution is 2.41. The molecular weight excluding hydrogens is 765 g/mol. The normalized spacial score (nSPS) is 11.8. The van der Waals surface area contributed by atoms with Crippen LogP contribution in [0.4, 0.5) is 0 Å². The molecule has 0 atom stereocenters. The third-order valence-electron chi connectivity index (χ3n) is 12.9. The second-order valence-electron chi connectivity index (χ2n) is 16.4. The van der Waals surface area contributed by atoms with Gasteiger partial charge in [-0.15, -0.1) is 0 Å². The van der Waals surface area contributed by atoms with Gasteiger partial charge in [-0.25, -0.2) is 0 Å². The van der Waals surface area contributed by atoms with Gasteiger partial charge in [-0.2, -0.15) is 0 Å². The largest absolute Gasteiger partial charge is 0.309 e. The van der Waals surface area contributed by atoms with Crippen LogP contribution in [0.25, 0.3) is 116 Å². The second-order valence-corrected chi connectivity index (χ2v) is 16.4. The summed E-state index contributed by atoms with van der Waals surface area (Å²) in [5.41, 5.74) is 17.7. The Kier molecular flexibility index (Phi) is 7.87. The minimum absolute atomic E-state index is 1.12. The van der Waals surface area contributed by atoms with Gasteiger partial charge in [-0.1, -0.05) is 109 Å². The first-order chi connectivity index (χ1) is 31.2. The average molecular weight is 803 g/mol. The fourth-order valence-electron chi connectivity index (χ4n) is 10.0. The maximum absolute atomic E-state index is 4.23. The first-order valence-electron chi connectivity index (χ1n) is 21.5. The van der Waals surface area contributed by atoms with Crippen LogP contribution in [0.2, 0.25) is 0 Å². The van der Waals surface area contributed by atoms with Crippen LogP contribution in [-0.2, 0) is 0 Å². The Morgan fingerprint density at radius 1 is 0.222 bits per heavy atom. The van der Waals surface area contributed by atoms with Crippen LogP contribution in [-0.4, -0.2) is 18.7 Å². The molecule has 0 spiro atoms. The van der Waals surface area contributed by atoms with Crippen molar-refractivity contribution in [1.82, 2.24) is 18.7 Å². The molecule has 0 aliphatic heterocycles. The molecule has 0 aliphatic rings. The Labute approximate surface area is 363 Å². The molecule has 0 radical (unpaired) electrons. The van der Waals surface area contributed by atoms with Crippen LogP contribution in [0.1, 0.15) is 0 Å². The Morgan fingerprint density at radius 2 is 0.524 bits per heavy atom. The van der Waals surface area contributed by atoms with Crippen molar-refractivity contribution < 1.29 is 0 Å². The summed E-state index contributed by atoms with van der Waals surface area (Å²) in [5, 5.41) is 7.43. The van der Waals surface area contributed by atoms with Crippen molar-refractivity contribution in [2.24, 2.45) is 0 Å². The lowest BCUT2D eigenvalue weighted by molar-refractivity contribution is 1.18. The number of aromatic nitrogens is 4. The number of nitrogens with zero attached hydrogens (tertiary/aromatic N) is 4. The van der Waals surface area contributed by atoms with Gasteiger partial charge in [0.1, 0.15) is 0 Å². The van der Waals surface area contributed by atoms with Gasteiger partial charge in [0.25, 0.3) is 0 Å². The smallest absolute Gasteiger partial charge is 0.0541 e. The summed E-state index contributed by atoms with van der Waals surface area (Å²) in [6, 6.07) is 79.8. The molecule has 4 heteroatoms. The van der Waals surface area contributed by atoms with Crippen molar-refractivity contribution in [3.05, 3.63) is 231 Å². The van der Waals surface area contributed by atoms with E-state index in [9.17, 15) is 0 Å². The number of hydrogen-bond acceptors (Lipinski definition) is 1. The van der Waals surface area contributed by atoms with Gasteiger partial charge in [-0.3, -0.25) is 4.98 Å². The molecule has 0 bridgehead atoms. The number of benzene rings is 9. The van der Waals surface area contributed by atoms with Crippen LogP contribution in [0.15, 0.2) is 231 Å². The molecule has 13 rings (SSSR count). The lowest BCUT2D eigenvalue weighted by Crippen LogP contribution is -1.94. The van der Waals surface area contributed by atoms with Gasteiger partial charge < -0.3 is 13.7 Å².